The van der Waals surface area contributed by atoms with Crippen molar-refractivity contribution in [1.29, 1.82) is 0 Å². The van der Waals surface area contributed by atoms with Gasteiger partial charge >= 0.3 is 12.0 Å². The summed E-state index contributed by atoms with van der Waals surface area (Å²) in [6.45, 7) is 2.89. The molecule has 0 aliphatic rings. The van der Waals surface area contributed by atoms with Crippen LogP contribution in [0.4, 0.5) is 4.79 Å². The van der Waals surface area contributed by atoms with Crippen molar-refractivity contribution in [1.82, 2.24) is 10.6 Å². The highest BCUT2D eigenvalue weighted by molar-refractivity contribution is 5.96. The number of carbonyl (C=O) groups is 3. The quantitative estimate of drug-likeness (QED) is 0.507. The van der Waals surface area contributed by atoms with Crippen LogP contribution in [-0.2, 0) is 19.9 Å². The predicted octanol–water partition coefficient (Wildman–Crippen LogP) is 1.48. The summed E-state index contributed by atoms with van der Waals surface area (Å²) in [6, 6.07) is 15.8. The van der Waals surface area contributed by atoms with Crippen LogP contribution in [0.5, 0.6) is 0 Å². The predicted molar refractivity (Wildman–Crippen MR) is 98.6 cm³/mol. The van der Waals surface area contributed by atoms with Crippen LogP contribution in [0.15, 0.2) is 73.3 Å². The maximum atomic E-state index is 12.7. The SMILES string of the molecule is C=CCNC(=O)NC(=O)COC(=O)C(O)(c1ccccc1)c1ccccc1. The van der Waals surface area contributed by atoms with Crippen molar-refractivity contribution >= 4 is 17.9 Å². The number of ether oxygens (including phenoxy) is 1. The van der Waals surface area contributed by atoms with Crippen molar-refractivity contribution in [2.24, 2.45) is 0 Å². The molecule has 0 fully saturated rings. The van der Waals surface area contributed by atoms with Crippen molar-refractivity contribution in [2.45, 2.75) is 5.60 Å². The van der Waals surface area contributed by atoms with Crippen molar-refractivity contribution in [3.8, 4) is 0 Å². The number of esters is 1. The highest BCUT2D eigenvalue weighted by atomic mass is 16.6. The molecule has 2 rings (SSSR count). The Morgan fingerprint density at radius 2 is 1.52 bits per heavy atom. The maximum Gasteiger partial charge on any atom is 0.348 e. The highest BCUT2D eigenvalue weighted by Gasteiger charge is 2.41. The van der Waals surface area contributed by atoms with Crippen molar-refractivity contribution in [2.75, 3.05) is 13.2 Å². The van der Waals surface area contributed by atoms with Crippen LogP contribution < -0.4 is 10.6 Å². The van der Waals surface area contributed by atoms with Gasteiger partial charge in [0.05, 0.1) is 0 Å². The third-order valence-electron chi connectivity index (χ3n) is 3.67. The molecular formula is C20H20N2O5. The minimum absolute atomic E-state index is 0.181. The number of carbonyl (C=O) groups excluding carboxylic acids is 3. The summed E-state index contributed by atoms with van der Waals surface area (Å²) in [5.74, 6) is -1.85. The summed E-state index contributed by atoms with van der Waals surface area (Å²) in [6.07, 6.45) is 1.45. The molecule has 0 radical (unpaired) electrons. The van der Waals surface area contributed by atoms with E-state index in [1.54, 1.807) is 60.7 Å². The van der Waals surface area contributed by atoms with Crippen LogP contribution in [-0.4, -0.2) is 36.2 Å². The lowest BCUT2D eigenvalue weighted by molar-refractivity contribution is -0.164. The molecule has 0 saturated carbocycles. The molecule has 0 heterocycles. The van der Waals surface area contributed by atoms with Gasteiger partial charge in [-0.15, -0.1) is 6.58 Å². The molecule has 0 unspecified atom stereocenters. The molecule has 0 saturated heterocycles. The molecule has 7 nitrogen and oxygen atoms in total. The zero-order chi connectivity index (χ0) is 19.7. The van der Waals surface area contributed by atoms with Crippen molar-refractivity contribution in [3.63, 3.8) is 0 Å². The second-order valence-electron chi connectivity index (χ2n) is 5.57. The number of benzene rings is 2. The molecule has 0 aliphatic carbocycles. The lowest BCUT2D eigenvalue weighted by Gasteiger charge is -2.26. The molecule has 2 aromatic carbocycles. The number of urea groups is 1. The Labute approximate surface area is 156 Å². The van der Waals surface area contributed by atoms with E-state index in [4.69, 9.17) is 4.74 Å². The monoisotopic (exact) mass is 368 g/mol. The number of amides is 3. The molecule has 0 atom stereocenters. The van der Waals surface area contributed by atoms with E-state index in [0.717, 1.165) is 0 Å². The fourth-order valence-corrected chi connectivity index (χ4v) is 2.37. The minimum atomic E-state index is -2.09. The molecule has 2 aromatic rings. The lowest BCUT2D eigenvalue weighted by atomic mass is 9.86. The molecule has 3 N–H and O–H groups in total. The summed E-state index contributed by atoms with van der Waals surface area (Å²) in [5.41, 5.74) is -1.50. The van der Waals surface area contributed by atoms with E-state index in [1.807, 2.05) is 5.32 Å². The van der Waals surface area contributed by atoms with Gasteiger partial charge in [-0.05, 0) is 11.1 Å². The molecule has 0 spiro atoms. The van der Waals surface area contributed by atoms with E-state index in [2.05, 4.69) is 11.9 Å². The van der Waals surface area contributed by atoms with Crippen LogP contribution in [0.25, 0.3) is 0 Å². The Morgan fingerprint density at radius 1 is 1.00 bits per heavy atom. The Kier molecular flexibility index (Phi) is 6.85. The number of hydrogen-bond donors (Lipinski definition) is 3. The first kappa shape index (κ1) is 19.9. The van der Waals surface area contributed by atoms with Gasteiger partial charge in [0.15, 0.2) is 6.61 Å². The Balaban J connectivity index is 2.13. The van der Waals surface area contributed by atoms with Gasteiger partial charge in [0.1, 0.15) is 0 Å². The third kappa shape index (κ3) is 5.02. The standard InChI is InChI=1S/C20H20N2O5/c1-2-13-21-19(25)22-17(23)14-27-18(24)20(26,15-9-5-3-6-10-15)16-11-7-4-8-12-16/h2-12,26H,1,13-14H2,(H2,21,22,23,25). The van der Waals surface area contributed by atoms with E-state index >= 15 is 0 Å². The summed E-state index contributed by atoms with van der Waals surface area (Å²) in [7, 11) is 0. The Morgan fingerprint density at radius 3 is 2.00 bits per heavy atom. The normalized spacial score (nSPS) is 10.6. The largest absolute Gasteiger partial charge is 0.453 e. The number of nitrogens with one attached hydrogen (secondary N) is 2. The average molecular weight is 368 g/mol. The van der Waals surface area contributed by atoms with Gasteiger partial charge in [-0.3, -0.25) is 10.1 Å². The maximum absolute atomic E-state index is 12.7. The molecule has 0 bridgehead atoms. The molecule has 0 aliphatic heterocycles. The average Bonchev–Trinajstić information content (AvgIpc) is 2.71. The molecule has 0 aromatic heterocycles. The van der Waals surface area contributed by atoms with Crippen LogP contribution >= 0.6 is 0 Å². The van der Waals surface area contributed by atoms with Gasteiger partial charge in [0, 0.05) is 6.54 Å². The topological polar surface area (TPSA) is 105 Å². The van der Waals surface area contributed by atoms with Crippen molar-refractivity contribution in [3.05, 3.63) is 84.4 Å². The summed E-state index contributed by atoms with van der Waals surface area (Å²) in [5, 5.41) is 15.5. The fraction of sp³-hybridized carbons (Fsp3) is 0.150. The Bertz CT molecular complexity index is 766. The van der Waals surface area contributed by atoms with E-state index < -0.39 is 30.1 Å². The summed E-state index contributed by atoms with van der Waals surface area (Å²) >= 11 is 0. The zero-order valence-electron chi connectivity index (χ0n) is 14.6. The van der Waals surface area contributed by atoms with E-state index in [9.17, 15) is 19.5 Å². The van der Waals surface area contributed by atoms with Crippen molar-refractivity contribution < 1.29 is 24.2 Å². The number of imide groups is 1. The van der Waals surface area contributed by atoms with E-state index in [0.29, 0.717) is 11.1 Å². The van der Waals surface area contributed by atoms with Crippen LogP contribution in [0, 0.1) is 0 Å². The zero-order valence-corrected chi connectivity index (χ0v) is 14.6. The minimum Gasteiger partial charge on any atom is -0.453 e. The van der Waals surface area contributed by atoms with E-state index in [-0.39, 0.29) is 6.54 Å². The fourth-order valence-electron chi connectivity index (χ4n) is 2.37. The third-order valence-corrected chi connectivity index (χ3v) is 3.67. The number of hydrogen-bond acceptors (Lipinski definition) is 5. The first-order valence-electron chi connectivity index (χ1n) is 8.17. The van der Waals surface area contributed by atoms with Gasteiger partial charge < -0.3 is 15.2 Å². The van der Waals surface area contributed by atoms with Gasteiger partial charge in [0.25, 0.3) is 5.91 Å². The molecule has 7 heteroatoms. The summed E-state index contributed by atoms with van der Waals surface area (Å²) in [4.78, 5) is 35.8. The lowest BCUT2D eigenvalue weighted by Crippen LogP contribution is -2.44. The van der Waals surface area contributed by atoms with Gasteiger partial charge in [0.2, 0.25) is 5.60 Å². The molecule has 140 valence electrons. The number of aliphatic hydroxyl groups is 1. The first-order valence-corrected chi connectivity index (χ1v) is 8.17. The molecular weight excluding hydrogens is 348 g/mol. The van der Waals surface area contributed by atoms with Crippen LogP contribution in [0.2, 0.25) is 0 Å². The smallest absolute Gasteiger partial charge is 0.348 e. The number of rotatable bonds is 7. The Hall–Kier alpha value is -3.45. The highest BCUT2D eigenvalue weighted by Crippen LogP contribution is 2.30. The van der Waals surface area contributed by atoms with Gasteiger partial charge in [-0.1, -0.05) is 66.7 Å². The second-order valence-corrected chi connectivity index (χ2v) is 5.57. The van der Waals surface area contributed by atoms with Gasteiger partial charge in [-0.25, -0.2) is 9.59 Å². The second kappa shape index (κ2) is 9.30. The van der Waals surface area contributed by atoms with E-state index in [1.165, 1.54) is 6.08 Å². The van der Waals surface area contributed by atoms with Crippen LogP contribution in [0.1, 0.15) is 11.1 Å². The molecule has 3 amide bonds. The summed E-state index contributed by atoms with van der Waals surface area (Å²) < 4.78 is 4.98. The molecule has 27 heavy (non-hydrogen) atoms. The van der Waals surface area contributed by atoms with Crippen LogP contribution in [0.3, 0.4) is 0 Å². The van der Waals surface area contributed by atoms with Gasteiger partial charge in [-0.2, -0.15) is 0 Å². The first-order chi connectivity index (χ1) is 13.0.